The predicted octanol–water partition coefficient (Wildman–Crippen LogP) is 4.68. The van der Waals surface area contributed by atoms with Crippen LogP contribution in [0.5, 0.6) is 0 Å². The molecule has 2 N–H and O–H groups in total. The summed E-state index contributed by atoms with van der Waals surface area (Å²) in [5, 5.41) is 0.909. The summed E-state index contributed by atoms with van der Waals surface area (Å²) in [5.41, 5.74) is 7.28. The highest BCUT2D eigenvalue weighted by atomic mass is 32.2. The van der Waals surface area contributed by atoms with Crippen LogP contribution in [0.2, 0.25) is 0 Å². The molecule has 0 atom stereocenters. The predicted molar refractivity (Wildman–Crippen MR) is 110 cm³/mol. The summed E-state index contributed by atoms with van der Waals surface area (Å²) >= 11 is 1.38. The van der Waals surface area contributed by atoms with Gasteiger partial charge in [0, 0.05) is 34.7 Å². The van der Waals surface area contributed by atoms with Crippen LogP contribution < -0.4 is 5.73 Å². The highest BCUT2D eigenvalue weighted by molar-refractivity contribution is 7.98. The Kier molecular flexibility index (Phi) is 5.69. The summed E-state index contributed by atoms with van der Waals surface area (Å²) in [5.74, 6) is 0.984. The Morgan fingerprint density at radius 1 is 1.14 bits per heavy atom. The van der Waals surface area contributed by atoms with Crippen LogP contribution in [-0.4, -0.2) is 30.4 Å². The van der Waals surface area contributed by atoms with E-state index in [0.29, 0.717) is 47.5 Å². The van der Waals surface area contributed by atoms with Crippen molar-refractivity contribution in [2.75, 3.05) is 19.6 Å². The van der Waals surface area contributed by atoms with Crippen molar-refractivity contribution in [3.05, 3.63) is 65.7 Å². The molecule has 0 radical (unpaired) electrons. The first-order valence-corrected chi connectivity index (χ1v) is 10.5. The van der Waals surface area contributed by atoms with Gasteiger partial charge in [-0.3, -0.25) is 4.79 Å². The molecular formula is C22H23FN2O2S. The molecule has 146 valence electrons. The van der Waals surface area contributed by atoms with Gasteiger partial charge in [0.2, 0.25) is 0 Å². The second-order valence-corrected chi connectivity index (χ2v) is 8.11. The van der Waals surface area contributed by atoms with Gasteiger partial charge in [-0.05, 0) is 43.5 Å². The van der Waals surface area contributed by atoms with Crippen LogP contribution in [0.4, 0.5) is 4.39 Å². The number of hydrogen-bond donors (Lipinski definition) is 1. The molecule has 1 fully saturated rings. The third-order valence-corrected chi connectivity index (χ3v) is 6.41. The van der Waals surface area contributed by atoms with Crippen molar-refractivity contribution in [3.8, 4) is 0 Å². The molecule has 1 aromatic heterocycles. The topological polar surface area (TPSA) is 59.5 Å². The van der Waals surface area contributed by atoms with Crippen molar-refractivity contribution in [3.63, 3.8) is 0 Å². The fourth-order valence-electron chi connectivity index (χ4n) is 3.64. The van der Waals surface area contributed by atoms with Crippen molar-refractivity contribution < 1.29 is 13.6 Å². The van der Waals surface area contributed by atoms with E-state index in [1.54, 1.807) is 12.1 Å². The summed E-state index contributed by atoms with van der Waals surface area (Å²) in [6, 6.07) is 14.3. The second-order valence-electron chi connectivity index (χ2n) is 7.10. The summed E-state index contributed by atoms with van der Waals surface area (Å²) in [6.07, 6.45) is 1.84. The van der Waals surface area contributed by atoms with E-state index in [1.165, 1.54) is 17.8 Å². The highest BCUT2D eigenvalue weighted by Crippen LogP contribution is 2.34. The molecule has 3 aromatic rings. The van der Waals surface area contributed by atoms with Gasteiger partial charge < -0.3 is 15.1 Å². The van der Waals surface area contributed by atoms with E-state index in [0.717, 1.165) is 23.8 Å². The number of amides is 1. The number of rotatable bonds is 5. The van der Waals surface area contributed by atoms with E-state index in [1.807, 2.05) is 35.2 Å². The SMILES string of the molecule is NCC1CCN(C(=O)c2oc3ccccc3c2CSc2ccccc2F)CC1. The van der Waals surface area contributed by atoms with Crippen LogP contribution in [0.1, 0.15) is 29.0 Å². The molecule has 1 aliphatic heterocycles. The maximum atomic E-state index is 14.0. The number of carbonyl (C=O) groups excluding carboxylic acids is 1. The lowest BCUT2D eigenvalue weighted by Crippen LogP contribution is -2.40. The Labute approximate surface area is 167 Å². The first kappa shape index (κ1) is 19.0. The number of nitrogens with two attached hydrogens (primary N) is 1. The molecule has 0 saturated carbocycles. The number of benzene rings is 2. The lowest BCUT2D eigenvalue weighted by Gasteiger charge is -2.31. The van der Waals surface area contributed by atoms with E-state index < -0.39 is 0 Å². The number of piperidine rings is 1. The smallest absolute Gasteiger partial charge is 0.289 e. The number of carbonyl (C=O) groups is 1. The van der Waals surface area contributed by atoms with Gasteiger partial charge in [0.25, 0.3) is 5.91 Å². The lowest BCUT2D eigenvalue weighted by atomic mass is 9.97. The molecule has 6 heteroatoms. The van der Waals surface area contributed by atoms with Crippen LogP contribution in [-0.2, 0) is 5.75 Å². The molecule has 1 amide bonds. The van der Waals surface area contributed by atoms with E-state index in [4.69, 9.17) is 10.2 Å². The Hall–Kier alpha value is -2.31. The molecular weight excluding hydrogens is 375 g/mol. The van der Waals surface area contributed by atoms with Gasteiger partial charge in [-0.1, -0.05) is 30.3 Å². The molecule has 0 bridgehead atoms. The van der Waals surface area contributed by atoms with E-state index in [2.05, 4.69) is 0 Å². The standard InChI is InChI=1S/C22H23FN2O2S/c23-18-6-2-4-8-20(18)28-14-17-16-5-1-3-7-19(16)27-21(17)22(26)25-11-9-15(13-24)10-12-25/h1-8,15H,9-14,24H2. The minimum absolute atomic E-state index is 0.0872. The minimum Gasteiger partial charge on any atom is -0.451 e. The number of fused-ring (bicyclic) bond motifs is 1. The number of likely N-dealkylation sites (tertiary alicyclic amines) is 1. The van der Waals surface area contributed by atoms with Crippen LogP contribution in [0.25, 0.3) is 11.0 Å². The average molecular weight is 399 g/mol. The van der Waals surface area contributed by atoms with Crippen molar-refractivity contribution in [1.82, 2.24) is 4.90 Å². The third kappa shape index (κ3) is 3.80. The van der Waals surface area contributed by atoms with Gasteiger partial charge in [-0.15, -0.1) is 11.8 Å². The fourth-order valence-corrected chi connectivity index (χ4v) is 4.61. The number of halogens is 1. The second kappa shape index (κ2) is 8.37. The molecule has 2 aromatic carbocycles. The van der Waals surface area contributed by atoms with Gasteiger partial charge in [-0.2, -0.15) is 0 Å². The Morgan fingerprint density at radius 2 is 1.86 bits per heavy atom. The van der Waals surface area contributed by atoms with Crippen LogP contribution in [0.3, 0.4) is 0 Å². The molecule has 0 spiro atoms. The van der Waals surface area contributed by atoms with Crippen molar-refractivity contribution >= 4 is 28.6 Å². The van der Waals surface area contributed by atoms with Crippen molar-refractivity contribution in [1.29, 1.82) is 0 Å². The number of thioether (sulfide) groups is 1. The molecule has 0 aliphatic carbocycles. The van der Waals surface area contributed by atoms with Crippen LogP contribution >= 0.6 is 11.8 Å². The maximum absolute atomic E-state index is 14.0. The summed E-state index contributed by atoms with van der Waals surface area (Å²) in [6.45, 7) is 2.05. The molecule has 28 heavy (non-hydrogen) atoms. The number of furan rings is 1. The van der Waals surface area contributed by atoms with E-state index in [9.17, 15) is 9.18 Å². The zero-order valence-electron chi connectivity index (χ0n) is 15.6. The molecule has 1 aliphatic rings. The van der Waals surface area contributed by atoms with Gasteiger partial charge in [0.05, 0.1) is 0 Å². The summed E-state index contributed by atoms with van der Waals surface area (Å²) < 4.78 is 20.0. The Balaban J connectivity index is 1.62. The molecule has 1 saturated heterocycles. The van der Waals surface area contributed by atoms with Crippen LogP contribution in [0.15, 0.2) is 57.8 Å². The molecule has 4 rings (SSSR count). The minimum atomic E-state index is -0.253. The maximum Gasteiger partial charge on any atom is 0.289 e. The number of para-hydroxylation sites is 1. The first-order chi connectivity index (χ1) is 13.7. The third-order valence-electron chi connectivity index (χ3n) is 5.34. The lowest BCUT2D eigenvalue weighted by molar-refractivity contribution is 0.0662. The van der Waals surface area contributed by atoms with Crippen LogP contribution in [0, 0.1) is 11.7 Å². The van der Waals surface area contributed by atoms with Crippen molar-refractivity contribution in [2.45, 2.75) is 23.5 Å². The number of hydrogen-bond acceptors (Lipinski definition) is 4. The Morgan fingerprint density at radius 3 is 2.61 bits per heavy atom. The zero-order valence-corrected chi connectivity index (χ0v) is 16.4. The van der Waals surface area contributed by atoms with Gasteiger partial charge in [-0.25, -0.2) is 4.39 Å². The first-order valence-electron chi connectivity index (χ1n) is 9.54. The fraction of sp³-hybridized carbons (Fsp3) is 0.318. The molecule has 2 heterocycles. The summed E-state index contributed by atoms with van der Waals surface area (Å²) in [4.78, 5) is 15.6. The monoisotopic (exact) mass is 398 g/mol. The quantitative estimate of drug-likeness (QED) is 0.634. The number of nitrogens with zero attached hydrogens (tertiary/aromatic N) is 1. The largest absolute Gasteiger partial charge is 0.451 e. The average Bonchev–Trinajstić information content (AvgIpc) is 3.11. The van der Waals surface area contributed by atoms with E-state index in [-0.39, 0.29) is 11.7 Å². The molecule has 0 unspecified atom stereocenters. The summed E-state index contributed by atoms with van der Waals surface area (Å²) in [7, 11) is 0. The van der Waals surface area contributed by atoms with Gasteiger partial charge in [0.15, 0.2) is 5.76 Å². The highest BCUT2D eigenvalue weighted by Gasteiger charge is 2.28. The Bertz CT molecular complexity index is 980. The zero-order chi connectivity index (χ0) is 19.5. The normalized spacial score (nSPS) is 15.3. The van der Waals surface area contributed by atoms with E-state index >= 15 is 0 Å². The van der Waals surface area contributed by atoms with Gasteiger partial charge in [0.1, 0.15) is 11.4 Å². The van der Waals surface area contributed by atoms with Crippen molar-refractivity contribution in [2.24, 2.45) is 11.7 Å². The molecule has 4 nitrogen and oxygen atoms in total. The van der Waals surface area contributed by atoms with Gasteiger partial charge >= 0.3 is 0 Å².